The minimum absolute atomic E-state index is 0.0216. The molecule has 19 heavy (non-hydrogen) atoms. The molecule has 2 N–H and O–H groups in total. The lowest BCUT2D eigenvalue weighted by Crippen LogP contribution is -2.25. The molecule has 1 aliphatic rings. The van der Waals surface area contributed by atoms with Crippen molar-refractivity contribution < 1.29 is 0 Å². The van der Waals surface area contributed by atoms with Crippen LogP contribution in [0.5, 0.6) is 0 Å². The third kappa shape index (κ3) is 2.43. The van der Waals surface area contributed by atoms with Gasteiger partial charge in [0, 0.05) is 30.2 Å². The summed E-state index contributed by atoms with van der Waals surface area (Å²) in [4.78, 5) is 19.8. The van der Waals surface area contributed by atoms with Crippen LogP contribution in [0.1, 0.15) is 17.8 Å². The second kappa shape index (κ2) is 5.03. The SMILES string of the molecule is Cc1csc2nc(CN3CCC(CN)C3)cc(=O)n12. The average molecular weight is 278 g/mol. The van der Waals surface area contributed by atoms with Gasteiger partial charge in [0.15, 0.2) is 4.96 Å². The number of fused-ring (bicyclic) bond motifs is 1. The van der Waals surface area contributed by atoms with Crippen molar-refractivity contribution in [2.24, 2.45) is 11.7 Å². The number of hydrogen-bond acceptors (Lipinski definition) is 5. The quantitative estimate of drug-likeness (QED) is 0.904. The van der Waals surface area contributed by atoms with Crippen molar-refractivity contribution >= 4 is 16.3 Å². The first-order valence-corrected chi connectivity index (χ1v) is 7.44. The molecule has 6 heteroatoms. The fourth-order valence-electron chi connectivity index (χ4n) is 2.66. The first-order chi connectivity index (χ1) is 9.17. The molecule has 5 nitrogen and oxygen atoms in total. The highest BCUT2D eigenvalue weighted by Crippen LogP contribution is 2.17. The molecule has 0 saturated carbocycles. The summed E-state index contributed by atoms with van der Waals surface area (Å²) in [6.07, 6.45) is 1.15. The number of nitrogens with two attached hydrogens (primary N) is 1. The van der Waals surface area contributed by atoms with Crippen molar-refractivity contribution in [1.29, 1.82) is 0 Å². The van der Waals surface area contributed by atoms with Gasteiger partial charge in [0.05, 0.1) is 5.69 Å². The summed E-state index contributed by atoms with van der Waals surface area (Å²) in [6.45, 7) is 5.49. The molecule has 102 valence electrons. The van der Waals surface area contributed by atoms with E-state index in [9.17, 15) is 4.79 Å². The number of hydrogen-bond donors (Lipinski definition) is 1. The fourth-order valence-corrected chi connectivity index (χ4v) is 3.55. The van der Waals surface area contributed by atoms with E-state index < -0.39 is 0 Å². The molecule has 0 aliphatic carbocycles. The Labute approximate surface area is 115 Å². The molecule has 1 fully saturated rings. The van der Waals surface area contributed by atoms with Crippen molar-refractivity contribution in [3.05, 3.63) is 33.2 Å². The predicted octanol–water partition coefficient (Wildman–Crippen LogP) is 0.845. The van der Waals surface area contributed by atoms with Crippen molar-refractivity contribution in [2.45, 2.75) is 19.9 Å². The van der Waals surface area contributed by atoms with Gasteiger partial charge in [-0.1, -0.05) is 0 Å². The largest absolute Gasteiger partial charge is 0.330 e. The summed E-state index contributed by atoms with van der Waals surface area (Å²) >= 11 is 1.52. The summed E-state index contributed by atoms with van der Waals surface area (Å²) in [5.74, 6) is 0.591. The van der Waals surface area contributed by atoms with Crippen LogP contribution in [-0.2, 0) is 6.54 Å². The fraction of sp³-hybridized carbons (Fsp3) is 0.538. The van der Waals surface area contributed by atoms with E-state index in [1.165, 1.54) is 11.3 Å². The third-order valence-corrected chi connectivity index (χ3v) is 4.66. The molecule has 1 saturated heterocycles. The van der Waals surface area contributed by atoms with Crippen LogP contribution in [-0.4, -0.2) is 33.9 Å². The van der Waals surface area contributed by atoms with Crippen LogP contribution in [0.25, 0.3) is 4.96 Å². The number of aryl methyl sites for hydroxylation is 1. The highest BCUT2D eigenvalue weighted by Gasteiger charge is 2.21. The minimum Gasteiger partial charge on any atom is -0.330 e. The molecule has 0 amide bonds. The Morgan fingerprint density at radius 2 is 2.42 bits per heavy atom. The Hall–Kier alpha value is -1.24. The van der Waals surface area contributed by atoms with Gasteiger partial charge in [0.25, 0.3) is 5.56 Å². The van der Waals surface area contributed by atoms with E-state index in [0.717, 1.165) is 48.9 Å². The van der Waals surface area contributed by atoms with Crippen LogP contribution in [0.4, 0.5) is 0 Å². The van der Waals surface area contributed by atoms with Gasteiger partial charge in [-0.25, -0.2) is 4.98 Å². The maximum atomic E-state index is 12.1. The Morgan fingerprint density at radius 1 is 1.58 bits per heavy atom. The van der Waals surface area contributed by atoms with Crippen molar-refractivity contribution in [1.82, 2.24) is 14.3 Å². The highest BCUT2D eigenvalue weighted by molar-refractivity contribution is 7.15. The maximum Gasteiger partial charge on any atom is 0.259 e. The number of thiazole rings is 1. The number of likely N-dealkylation sites (tertiary alicyclic amines) is 1. The average Bonchev–Trinajstić information content (AvgIpc) is 2.97. The van der Waals surface area contributed by atoms with Crippen LogP contribution in [0, 0.1) is 12.8 Å². The number of nitrogens with zero attached hydrogens (tertiary/aromatic N) is 3. The normalized spacial score (nSPS) is 20.4. The van der Waals surface area contributed by atoms with Gasteiger partial charge < -0.3 is 5.73 Å². The Kier molecular flexibility index (Phi) is 3.38. The van der Waals surface area contributed by atoms with E-state index in [1.54, 1.807) is 10.5 Å². The zero-order valence-corrected chi connectivity index (χ0v) is 11.8. The third-order valence-electron chi connectivity index (χ3n) is 3.72. The minimum atomic E-state index is 0.0216. The van der Waals surface area contributed by atoms with Gasteiger partial charge >= 0.3 is 0 Å². The van der Waals surface area contributed by atoms with E-state index in [4.69, 9.17) is 5.73 Å². The van der Waals surface area contributed by atoms with Gasteiger partial charge in [0.1, 0.15) is 0 Å². The molecule has 1 unspecified atom stereocenters. The van der Waals surface area contributed by atoms with Gasteiger partial charge in [-0.15, -0.1) is 11.3 Å². The smallest absolute Gasteiger partial charge is 0.259 e. The molecule has 2 aromatic heterocycles. The molecular weight excluding hydrogens is 260 g/mol. The van der Waals surface area contributed by atoms with E-state index in [-0.39, 0.29) is 5.56 Å². The van der Waals surface area contributed by atoms with Crippen LogP contribution in [0.15, 0.2) is 16.2 Å². The lowest BCUT2D eigenvalue weighted by Gasteiger charge is -2.14. The number of rotatable bonds is 3. The van der Waals surface area contributed by atoms with Crippen molar-refractivity contribution in [2.75, 3.05) is 19.6 Å². The van der Waals surface area contributed by atoms with Crippen LogP contribution in [0.3, 0.4) is 0 Å². The lowest BCUT2D eigenvalue weighted by atomic mass is 10.1. The zero-order chi connectivity index (χ0) is 13.4. The summed E-state index contributed by atoms with van der Waals surface area (Å²) in [5.41, 5.74) is 7.54. The summed E-state index contributed by atoms with van der Waals surface area (Å²) in [5, 5.41) is 1.97. The van der Waals surface area contributed by atoms with E-state index in [1.807, 2.05) is 12.3 Å². The first kappa shape index (κ1) is 12.8. The molecule has 3 heterocycles. The number of aromatic nitrogens is 2. The molecule has 1 atom stereocenters. The Balaban J connectivity index is 1.84. The van der Waals surface area contributed by atoms with Crippen molar-refractivity contribution in [3.8, 4) is 0 Å². The Bertz CT molecular complexity index is 648. The second-order valence-corrected chi connectivity index (χ2v) is 6.04. The van der Waals surface area contributed by atoms with Gasteiger partial charge in [-0.2, -0.15) is 0 Å². The van der Waals surface area contributed by atoms with E-state index in [2.05, 4.69) is 9.88 Å². The Morgan fingerprint density at radius 3 is 3.16 bits per heavy atom. The monoisotopic (exact) mass is 278 g/mol. The van der Waals surface area contributed by atoms with Crippen molar-refractivity contribution in [3.63, 3.8) is 0 Å². The second-order valence-electron chi connectivity index (χ2n) is 5.21. The first-order valence-electron chi connectivity index (χ1n) is 6.56. The van der Waals surface area contributed by atoms with E-state index in [0.29, 0.717) is 5.92 Å². The van der Waals surface area contributed by atoms with Gasteiger partial charge in [0.2, 0.25) is 0 Å². The maximum absolute atomic E-state index is 12.1. The molecule has 0 radical (unpaired) electrons. The molecule has 3 rings (SSSR count). The standard InChI is InChI=1S/C13H18N4OS/c1-9-8-19-13-15-11(4-12(18)17(9)13)7-16-3-2-10(5-14)6-16/h4,8,10H,2-3,5-7,14H2,1H3. The van der Waals surface area contributed by atoms with E-state index >= 15 is 0 Å². The zero-order valence-electron chi connectivity index (χ0n) is 11.0. The predicted molar refractivity (Wildman–Crippen MR) is 76.5 cm³/mol. The molecule has 0 aromatic carbocycles. The summed E-state index contributed by atoms with van der Waals surface area (Å²) in [6, 6.07) is 1.66. The van der Waals surface area contributed by atoms with Crippen LogP contribution < -0.4 is 11.3 Å². The summed E-state index contributed by atoms with van der Waals surface area (Å²) < 4.78 is 1.67. The van der Waals surface area contributed by atoms with Gasteiger partial charge in [-0.3, -0.25) is 14.1 Å². The van der Waals surface area contributed by atoms with Gasteiger partial charge in [-0.05, 0) is 32.4 Å². The molecule has 0 bridgehead atoms. The molecule has 2 aromatic rings. The highest BCUT2D eigenvalue weighted by atomic mass is 32.1. The molecule has 1 aliphatic heterocycles. The topological polar surface area (TPSA) is 63.6 Å². The molecule has 0 spiro atoms. The van der Waals surface area contributed by atoms with Crippen LogP contribution >= 0.6 is 11.3 Å². The van der Waals surface area contributed by atoms with Crippen LogP contribution in [0.2, 0.25) is 0 Å². The lowest BCUT2D eigenvalue weighted by molar-refractivity contribution is 0.314. The summed E-state index contributed by atoms with van der Waals surface area (Å²) in [7, 11) is 0. The molecular formula is C13H18N4OS.